The number of halogens is 1. The van der Waals surface area contributed by atoms with Crippen LogP contribution in [0.3, 0.4) is 0 Å². The molecule has 7 heteroatoms. The normalized spacial score (nSPS) is 14.4. The monoisotopic (exact) mass is 295 g/mol. The molecular weight excluding hydrogens is 282 g/mol. The number of H-pyrrole nitrogens is 1. The van der Waals surface area contributed by atoms with Crippen molar-refractivity contribution >= 4 is 26.0 Å². The van der Waals surface area contributed by atoms with Crippen LogP contribution in [0.1, 0.15) is 13.8 Å². The molecule has 0 aliphatic heterocycles. The summed E-state index contributed by atoms with van der Waals surface area (Å²) in [6.45, 7) is 4.40. The number of sulfonamides is 1. The molecular formula is C8H14BrN3O2S. The molecule has 0 aromatic carbocycles. The quantitative estimate of drug-likeness (QED) is 0.799. The maximum atomic E-state index is 11.6. The topological polar surface area (TPSA) is 74.8 Å². The lowest BCUT2D eigenvalue weighted by Crippen LogP contribution is -2.32. The van der Waals surface area contributed by atoms with Crippen molar-refractivity contribution in [3.63, 3.8) is 0 Å². The Morgan fingerprint density at radius 1 is 1.60 bits per heavy atom. The summed E-state index contributed by atoms with van der Waals surface area (Å²) in [7, 11) is -3.44. The average molecular weight is 296 g/mol. The van der Waals surface area contributed by atoms with Crippen LogP contribution in [0.15, 0.2) is 17.3 Å². The molecule has 1 aromatic rings. The lowest BCUT2D eigenvalue weighted by atomic mass is 10.1. The zero-order valence-corrected chi connectivity index (χ0v) is 11.0. The van der Waals surface area contributed by atoms with Gasteiger partial charge in [-0.15, -0.1) is 0 Å². The van der Waals surface area contributed by atoms with Crippen molar-refractivity contribution in [3.05, 3.63) is 12.3 Å². The fourth-order valence-electron chi connectivity index (χ4n) is 0.896. The molecule has 0 radical (unpaired) electrons. The van der Waals surface area contributed by atoms with Crippen LogP contribution in [0.5, 0.6) is 0 Å². The average Bonchev–Trinajstić information content (AvgIpc) is 2.67. The Morgan fingerprint density at radius 2 is 2.27 bits per heavy atom. The highest BCUT2D eigenvalue weighted by Crippen LogP contribution is 2.11. The molecule has 0 saturated heterocycles. The van der Waals surface area contributed by atoms with Gasteiger partial charge >= 0.3 is 0 Å². The third kappa shape index (κ3) is 3.58. The molecule has 0 amide bonds. The number of alkyl halides is 1. The maximum Gasteiger partial charge on any atom is 0.257 e. The van der Waals surface area contributed by atoms with Gasteiger partial charge in [-0.2, -0.15) is 5.10 Å². The van der Waals surface area contributed by atoms with Crippen LogP contribution in [-0.2, 0) is 10.0 Å². The predicted molar refractivity (Wildman–Crippen MR) is 61.3 cm³/mol. The van der Waals surface area contributed by atoms with E-state index >= 15 is 0 Å². The smallest absolute Gasteiger partial charge is 0.257 e. The van der Waals surface area contributed by atoms with Gasteiger partial charge in [0, 0.05) is 11.4 Å². The molecule has 1 heterocycles. The summed E-state index contributed by atoms with van der Waals surface area (Å²) >= 11 is 3.41. The van der Waals surface area contributed by atoms with Gasteiger partial charge in [0.25, 0.3) is 10.0 Å². The largest absolute Gasteiger partial charge is 0.266 e. The van der Waals surface area contributed by atoms with Gasteiger partial charge in [0.05, 0.1) is 6.20 Å². The van der Waals surface area contributed by atoms with Crippen molar-refractivity contribution in [1.82, 2.24) is 14.9 Å². The van der Waals surface area contributed by atoms with Gasteiger partial charge in [-0.25, -0.2) is 13.1 Å². The Morgan fingerprint density at radius 3 is 2.73 bits per heavy atom. The van der Waals surface area contributed by atoms with Crippen LogP contribution in [0.25, 0.3) is 0 Å². The summed E-state index contributed by atoms with van der Waals surface area (Å²) in [6, 6.07) is 1.42. The van der Waals surface area contributed by atoms with E-state index in [9.17, 15) is 8.42 Å². The fraction of sp³-hybridized carbons (Fsp3) is 0.625. The van der Waals surface area contributed by atoms with Gasteiger partial charge in [0.2, 0.25) is 0 Å². The number of hydrogen-bond acceptors (Lipinski definition) is 3. The number of hydrogen-bond donors (Lipinski definition) is 2. The van der Waals surface area contributed by atoms with E-state index in [1.807, 2.05) is 13.8 Å². The lowest BCUT2D eigenvalue weighted by Gasteiger charge is -2.13. The molecule has 0 saturated carbocycles. The molecule has 15 heavy (non-hydrogen) atoms. The summed E-state index contributed by atoms with van der Waals surface area (Å²) in [6.07, 6.45) is 1.41. The zero-order valence-electron chi connectivity index (χ0n) is 8.57. The SMILES string of the molecule is CC(C)C(Br)CNS(=O)(=O)c1ccn[nH]1. The standard InChI is InChI=1S/C8H14BrN3O2S/c1-6(2)7(9)5-11-15(13,14)8-3-4-10-12-8/h3-4,6-7,11H,5H2,1-2H3,(H,10,12). The van der Waals surface area contributed by atoms with E-state index in [0.29, 0.717) is 12.5 Å². The molecule has 0 bridgehead atoms. The highest BCUT2D eigenvalue weighted by Gasteiger charge is 2.17. The van der Waals surface area contributed by atoms with Gasteiger partial charge in [-0.1, -0.05) is 29.8 Å². The van der Waals surface area contributed by atoms with Crippen molar-refractivity contribution in [2.24, 2.45) is 5.92 Å². The summed E-state index contributed by atoms with van der Waals surface area (Å²) in [5.74, 6) is 0.370. The predicted octanol–water partition coefficient (Wildman–Crippen LogP) is 1.11. The van der Waals surface area contributed by atoms with E-state index in [0.717, 1.165) is 0 Å². The van der Waals surface area contributed by atoms with Gasteiger partial charge in [0.15, 0.2) is 5.03 Å². The van der Waals surface area contributed by atoms with Crippen molar-refractivity contribution in [2.45, 2.75) is 23.7 Å². The van der Waals surface area contributed by atoms with Gasteiger partial charge < -0.3 is 0 Å². The number of nitrogens with one attached hydrogen (secondary N) is 2. The number of nitrogens with zero attached hydrogens (tertiary/aromatic N) is 1. The van der Waals surface area contributed by atoms with Crippen LogP contribution < -0.4 is 4.72 Å². The van der Waals surface area contributed by atoms with Gasteiger partial charge in [-0.05, 0) is 12.0 Å². The second-order valence-electron chi connectivity index (χ2n) is 3.53. The van der Waals surface area contributed by atoms with Crippen LogP contribution in [0, 0.1) is 5.92 Å². The molecule has 0 fully saturated rings. The molecule has 1 aromatic heterocycles. The first-order chi connectivity index (χ1) is 6.93. The van der Waals surface area contributed by atoms with Crippen molar-refractivity contribution in [1.29, 1.82) is 0 Å². The minimum Gasteiger partial charge on any atom is -0.266 e. The third-order valence-electron chi connectivity index (χ3n) is 1.96. The molecule has 0 aliphatic carbocycles. The zero-order chi connectivity index (χ0) is 11.5. The van der Waals surface area contributed by atoms with E-state index in [4.69, 9.17) is 0 Å². The van der Waals surface area contributed by atoms with E-state index < -0.39 is 10.0 Å². The molecule has 5 nitrogen and oxygen atoms in total. The molecule has 86 valence electrons. The Labute approximate surface area is 97.8 Å². The van der Waals surface area contributed by atoms with E-state index in [-0.39, 0.29) is 9.85 Å². The summed E-state index contributed by atoms with van der Waals surface area (Å²) < 4.78 is 25.7. The minimum atomic E-state index is -3.44. The van der Waals surface area contributed by atoms with Gasteiger partial charge in [-0.3, -0.25) is 5.10 Å². The maximum absolute atomic E-state index is 11.6. The van der Waals surface area contributed by atoms with Crippen LogP contribution in [0.4, 0.5) is 0 Å². The molecule has 1 rings (SSSR count). The molecule has 1 unspecified atom stereocenters. The molecule has 0 spiro atoms. The number of aromatic nitrogens is 2. The number of rotatable bonds is 5. The Kier molecular flexibility index (Phi) is 4.30. The minimum absolute atomic E-state index is 0.0888. The highest BCUT2D eigenvalue weighted by atomic mass is 79.9. The first kappa shape index (κ1) is 12.7. The summed E-state index contributed by atoms with van der Waals surface area (Å²) in [4.78, 5) is 0.121. The second-order valence-corrected chi connectivity index (χ2v) is 6.44. The summed E-state index contributed by atoms with van der Waals surface area (Å²) in [5.41, 5.74) is 0. The van der Waals surface area contributed by atoms with Crippen molar-refractivity contribution in [2.75, 3.05) is 6.54 Å². The Balaban J connectivity index is 2.59. The highest BCUT2D eigenvalue weighted by molar-refractivity contribution is 9.09. The Bertz CT molecular complexity index is 388. The third-order valence-corrected chi connectivity index (χ3v) is 4.69. The fourth-order valence-corrected chi connectivity index (χ4v) is 2.24. The van der Waals surface area contributed by atoms with Crippen LogP contribution in [-0.4, -0.2) is 30.0 Å². The summed E-state index contributed by atoms with van der Waals surface area (Å²) in [5, 5.41) is 6.10. The first-order valence-electron chi connectivity index (χ1n) is 4.56. The van der Waals surface area contributed by atoms with Crippen LogP contribution >= 0.6 is 15.9 Å². The first-order valence-corrected chi connectivity index (χ1v) is 6.96. The lowest BCUT2D eigenvalue weighted by molar-refractivity contribution is 0.559. The Hall–Kier alpha value is -0.400. The molecule has 0 aliphatic rings. The molecule has 2 N–H and O–H groups in total. The molecule has 1 atom stereocenters. The van der Waals surface area contributed by atoms with Crippen molar-refractivity contribution < 1.29 is 8.42 Å². The number of aromatic amines is 1. The second kappa shape index (κ2) is 5.09. The van der Waals surface area contributed by atoms with Crippen molar-refractivity contribution in [3.8, 4) is 0 Å². The van der Waals surface area contributed by atoms with E-state index in [1.54, 1.807) is 0 Å². The van der Waals surface area contributed by atoms with Gasteiger partial charge in [0.1, 0.15) is 0 Å². The van der Waals surface area contributed by atoms with Crippen LogP contribution in [0.2, 0.25) is 0 Å². The van der Waals surface area contributed by atoms with E-state index in [1.165, 1.54) is 12.3 Å². The van der Waals surface area contributed by atoms with E-state index in [2.05, 4.69) is 30.8 Å².